The number of benzene rings is 1. The molecule has 2 N–H and O–H groups in total. The maximum atomic E-state index is 11.6. The highest BCUT2D eigenvalue weighted by molar-refractivity contribution is 5.89. The van der Waals surface area contributed by atoms with Crippen LogP contribution in [0.25, 0.3) is 0 Å². The molecule has 0 unspecified atom stereocenters. The van der Waals surface area contributed by atoms with Gasteiger partial charge in [0.15, 0.2) is 5.78 Å². The molecule has 5 heteroatoms. The zero-order valence-electron chi connectivity index (χ0n) is 9.27. The van der Waals surface area contributed by atoms with Crippen LogP contribution in [0.2, 0.25) is 0 Å². The van der Waals surface area contributed by atoms with E-state index in [4.69, 9.17) is 5.73 Å². The third-order valence-corrected chi connectivity index (χ3v) is 2.20. The molecule has 0 saturated carbocycles. The zero-order valence-corrected chi connectivity index (χ0v) is 9.27. The van der Waals surface area contributed by atoms with Crippen LogP contribution in [-0.4, -0.2) is 16.2 Å². The minimum atomic E-state index is -0.912. The first kappa shape index (κ1) is 12.3. The smallest absolute Gasteiger partial charge is 0.269 e. The van der Waals surface area contributed by atoms with Crippen LogP contribution in [0.15, 0.2) is 24.3 Å². The summed E-state index contributed by atoms with van der Waals surface area (Å²) in [6, 6.07) is 6.02. The Balaban J connectivity index is 2.87. The van der Waals surface area contributed by atoms with Gasteiger partial charge >= 0.3 is 0 Å². The topological polar surface area (TPSA) is 86.2 Å². The van der Waals surface area contributed by atoms with E-state index in [1.54, 1.807) is 26.0 Å². The van der Waals surface area contributed by atoms with Gasteiger partial charge in [0.2, 0.25) is 0 Å². The second-order valence-electron chi connectivity index (χ2n) is 4.25. The molecule has 16 heavy (non-hydrogen) atoms. The molecule has 0 aliphatic heterocycles. The van der Waals surface area contributed by atoms with Gasteiger partial charge in [-0.3, -0.25) is 14.9 Å². The largest absolute Gasteiger partial charge is 0.319 e. The quantitative estimate of drug-likeness (QED) is 0.617. The predicted molar refractivity (Wildman–Crippen MR) is 60.1 cm³/mol. The van der Waals surface area contributed by atoms with Gasteiger partial charge in [-0.25, -0.2) is 0 Å². The number of nitro benzene ring substituents is 1. The molecule has 0 heterocycles. The summed E-state index contributed by atoms with van der Waals surface area (Å²) in [5.74, 6) is -0.145. The molecule has 0 aliphatic carbocycles. The minimum absolute atomic E-state index is 0.0138. The van der Waals surface area contributed by atoms with Crippen LogP contribution in [0.1, 0.15) is 19.4 Å². The fourth-order valence-electron chi connectivity index (χ4n) is 1.19. The highest BCUT2D eigenvalue weighted by Gasteiger charge is 2.22. The van der Waals surface area contributed by atoms with Crippen molar-refractivity contribution < 1.29 is 9.72 Å². The van der Waals surface area contributed by atoms with Crippen molar-refractivity contribution in [2.45, 2.75) is 25.8 Å². The van der Waals surface area contributed by atoms with Gasteiger partial charge in [-0.1, -0.05) is 12.1 Å². The van der Waals surface area contributed by atoms with E-state index < -0.39 is 10.5 Å². The van der Waals surface area contributed by atoms with E-state index in [9.17, 15) is 14.9 Å². The standard InChI is InChI=1S/C11H14N2O3/c1-11(2,12)10(14)7-8-4-3-5-9(6-8)13(15)16/h3-6H,7,12H2,1-2H3. The highest BCUT2D eigenvalue weighted by atomic mass is 16.6. The predicted octanol–water partition coefficient (Wildman–Crippen LogP) is 1.44. The van der Waals surface area contributed by atoms with Crippen LogP contribution >= 0.6 is 0 Å². The first-order valence-corrected chi connectivity index (χ1v) is 4.86. The molecule has 0 saturated heterocycles. The van der Waals surface area contributed by atoms with E-state index in [1.807, 2.05) is 0 Å². The van der Waals surface area contributed by atoms with Crippen molar-refractivity contribution in [3.8, 4) is 0 Å². The van der Waals surface area contributed by atoms with Crippen LogP contribution in [0.4, 0.5) is 5.69 Å². The summed E-state index contributed by atoms with van der Waals surface area (Å²) < 4.78 is 0. The molecule has 0 bridgehead atoms. The van der Waals surface area contributed by atoms with E-state index in [2.05, 4.69) is 0 Å². The second kappa shape index (κ2) is 4.40. The number of hydrogen-bond acceptors (Lipinski definition) is 4. The zero-order chi connectivity index (χ0) is 12.3. The Bertz CT molecular complexity index is 421. The lowest BCUT2D eigenvalue weighted by Gasteiger charge is -2.16. The number of carbonyl (C=O) groups is 1. The number of hydrogen-bond donors (Lipinski definition) is 1. The van der Waals surface area contributed by atoms with E-state index >= 15 is 0 Å². The van der Waals surface area contributed by atoms with Gasteiger partial charge in [-0.15, -0.1) is 0 Å². The van der Waals surface area contributed by atoms with Crippen LogP contribution in [-0.2, 0) is 11.2 Å². The summed E-state index contributed by atoms with van der Waals surface area (Å²) in [6.45, 7) is 3.24. The maximum absolute atomic E-state index is 11.6. The summed E-state index contributed by atoms with van der Waals surface area (Å²) in [4.78, 5) is 21.7. The molecule has 1 aromatic rings. The molecule has 1 rings (SSSR count). The van der Waals surface area contributed by atoms with Crippen molar-refractivity contribution >= 4 is 11.5 Å². The van der Waals surface area contributed by atoms with Gasteiger partial charge in [-0.2, -0.15) is 0 Å². The van der Waals surface area contributed by atoms with Crippen LogP contribution < -0.4 is 5.73 Å². The second-order valence-corrected chi connectivity index (χ2v) is 4.25. The van der Waals surface area contributed by atoms with Crippen LogP contribution in [0, 0.1) is 10.1 Å². The average Bonchev–Trinajstić information content (AvgIpc) is 2.16. The maximum Gasteiger partial charge on any atom is 0.269 e. The molecule has 0 spiro atoms. The molecule has 86 valence electrons. The third-order valence-electron chi connectivity index (χ3n) is 2.20. The average molecular weight is 222 g/mol. The third kappa shape index (κ3) is 3.13. The van der Waals surface area contributed by atoms with Crippen molar-refractivity contribution in [1.82, 2.24) is 0 Å². The Morgan fingerprint density at radius 3 is 2.62 bits per heavy atom. The number of ketones is 1. The molecule has 0 radical (unpaired) electrons. The summed E-state index contributed by atoms with van der Waals surface area (Å²) in [5.41, 5.74) is 5.32. The summed E-state index contributed by atoms with van der Waals surface area (Å²) >= 11 is 0. The van der Waals surface area contributed by atoms with Gasteiger partial charge in [0.25, 0.3) is 5.69 Å². The van der Waals surface area contributed by atoms with Gasteiger partial charge in [0.1, 0.15) is 0 Å². The minimum Gasteiger partial charge on any atom is -0.319 e. The number of carbonyl (C=O) groups excluding carboxylic acids is 1. The lowest BCUT2D eigenvalue weighted by molar-refractivity contribution is -0.384. The number of nitrogens with two attached hydrogens (primary N) is 1. The fourth-order valence-corrected chi connectivity index (χ4v) is 1.19. The fraction of sp³-hybridized carbons (Fsp3) is 0.364. The Morgan fingerprint density at radius 1 is 1.50 bits per heavy atom. The Labute approximate surface area is 93.4 Å². The van der Waals surface area contributed by atoms with E-state index in [-0.39, 0.29) is 17.9 Å². The first-order valence-electron chi connectivity index (χ1n) is 4.86. The number of nitro groups is 1. The number of Topliss-reactive ketones (excluding diaryl/α,β-unsaturated/α-hetero) is 1. The molecule has 1 aromatic carbocycles. The van der Waals surface area contributed by atoms with E-state index in [0.717, 1.165) is 0 Å². The lowest BCUT2D eigenvalue weighted by atomic mass is 9.95. The van der Waals surface area contributed by atoms with Gasteiger partial charge < -0.3 is 5.73 Å². The molecular weight excluding hydrogens is 208 g/mol. The van der Waals surface area contributed by atoms with E-state index in [0.29, 0.717) is 5.56 Å². The van der Waals surface area contributed by atoms with E-state index in [1.165, 1.54) is 12.1 Å². The number of nitrogens with zero attached hydrogens (tertiary/aromatic N) is 1. The molecule has 0 amide bonds. The van der Waals surface area contributed by atoms with Crippen molar-refractivity contribution in [2.75, 3.05) is 0 Å². The monoisotopic (exact) mass is 222 g/mol. The van der Waals surface area contributed by atoms with Crippen molar-refractivity contribution in [2.24, 2.45) is 5.73 Å². The van der Waals surface area contributed by atoms with Crippen LogP contribution in [0.5, 0.6) is 0 Å². The Kier molecular flexibility index (Phi) is 3.39. The molecule has 0 atom stereocenters. The summed E-state index contributed by atoms with van der Waals surface area (Å²) in [5, 5.41) is 10.5. The molecule has 0 aromatic heterocycles. The number of non-ortho nitro benzene ring substituents is 1. The van der Waals surface area contributed by atoms with Crippen molar-refractivity contribution in [1.29, 1.82) is 0 Å². The van der Waals surface area contributed by atoms with Crippen LogP contribution in [0.3, 0.4) is 0 Å². The summed E-state index contributed by atoms with van der Waals surface area (Å²) in [6.07, 6.45) is 0.116. The Hall–Kier alpha value is -1.75. The summed E-state index contributed by atoms with van der Waals surface area (Å²) in [7, 11) is 0. The molecular formula is C11H14N2O3. The van der Waals surface area contributed by atoms with Gasteiger partial charge in [0, 0.05) is 18.6 Å². The molecule has 5 nitrogen and oxygen atoms in total. The molecule has 0 fully saturated rings. The highest BCUT2D eigenvalue weighted by Crippen LogP contribution is 2.15. The van der Waals surface area contributed by atoms with Crippen molar-refractivity contribution in [3.05, 3.63) is 39.9 Å². The number of rotatable bonds is 4. The lowest BCUT2D eigenvalue weighted by Crippen LogP contribution is -2.42. The normalized spacial score (nSPS) is 11.2. The molecule has 0 aliphatic rings. The first-order chi connectivity index (χ1) is 7.30. The Morgan fingerprint density at radius 2 is 2.12 bits per heavy atom. The van der Waals surface area contributed by atoms with Crippen molar-refractivity contribution in [3.63, 3.8) is 0 Å². The van der Waals surface area contributed by atoms with Gasteiger partial charge in [-0.05, 0) is 19.4 Å². The SMILES string of the molecule is CC(C)(N)C(=O)Cc1cccc([N+](=O)[O-])c1. The van der Waals surface area contributed by atoms with Gasteiger partial charge in [0.05, 0.1) is 10.5 Å².